The molecule has 1 atom stereocenters. The smallest absolute Gasteiger partial charge is 0.168 e. The Kier molecular flexibility index (Phi) is 3.08. The van der Waals surface area contributed by atoms with E-state index in [1.54, 1.807) is 18.3 Å². The maximum Gasteiger partial charge on any atom is 0.168 e. The van der Waals surface area contributed by atoms with E-state index in [4.69, 9.17) is 10.5 Å². The van der Waals surface area contributed by atoms with E-state index in [0.29, 0.717) is 25.3 Å². The lowest BCUT2D eigenvalue weighted by Gasteiger charge is -2.06. The second-order valence-electron chi connectivity index (χ2n) is 3.66. The molecular formula is C11H14N2O2. The van der Waals surface area contributed by atoms with Gasteiger partial charge in [0.05, 0.1) is 12.3 Å². The third-order valence-electron chi connectivity index (χ3n) is 2.61. The summed E-state index contributed by atoms with van der Waals surface area (Å²) >= 11 is 0. The Labute approximate surface area is 88.4 Å². The standard InChI is InChI=1S/C11H14N2O2/c12-6-10-5-8(1-3-13-10)11(14)9-2-4-15-7-9/h1,3,5,9H,2,4,6-7,12H2. The van der Waals surface area contributed by atoms with E-state index in [1.165, 1.54) is 0 Å². The van der Waals surface area contributed by atoms with Crippen molar-refractivity contribution in [2.45, 2.75) is 13.0 Å². The molecule has 0 spiro atoms. The summed E-state index contributed by atoms with van der Waals surface area (Å²) in [5.41, 5.74) is 6.92. The molecule has 1 fully saturated rings. The summed E-state index contributed by atoms with van der Waals surface area (Å²) in [5, 5.41) is 0. The fraction of sp³-hybridized carbons (Fsp3) is 0.455. The topological polar surface area (TPSA) is 65.2 Å². The van der Waals surface area contributed by atoms with E-state index in [0.717, 1.165) is 12.1 Å². The third kappa shape index (κ3) is 2.22. The molecule has 0 saturated carbocycles. The van der Waals surface area contributed by atoms with Gasteiger partial charge in [0, 0.05) is 30.8 Å². The Morgan fingerprint density at radius 1 is 1.67 bits per heavy atom. The number of hydrogen-bond donors (Lipinski definition) is 1. The zero-order valence-corrected chi connectivity index (χ0v) is 8.48. The fourth-order valence-electron chi connectivity index (χ4n) is 1.72. The Bertz CT molecular complexity index is 359. The molecule has 1 aromatic heterocycles. The summed E-state index contributed by atoms with van der Waals surface area (Å²) in [6.45, 7) is 1.59. The predicted octanol–water partition coefficient (Wildman–Crippen LogP) is 0.759. The molecule has 1 unspecified atom stereocenters. The Hall–Kier alpha value is -1.26. The van der Waals surface area contributed by atoms with Gasteiger partial charge < -0.3 is 10.5 Å². The molecule has 2 N–H and O–H groups in total. The van der Waals surface area contributed by atoms with Crippen LogP contribution in [-0.4, -0.2) is 24.0 Å². The van der Waals surface area contributed by atoms with Gasteiger partial charge in [0.1, 0.15) is 0 Å². The highest BCUT2D eigenvalue weighted by Gasteiger charge is 2.24. The lowest BCUT2D eigenvalue weighted by Crippen LogP contribution is -2.15. The monoisotopic (exact) mass is 206 g/mol. The molecule has 2 rings (SSSR count). The first kappa shape index (κ1) is 10.3. The van der Waals surface area contributed by atoms with E-state index in [1.807, 2.05) is 0 Å². The highest BCUT2D eigenvalue weighted by atomic mass is 16.5. The number of ketones is 1. The van der Waals surface area contributed by atoms with Crippen LogP contribution in [0.25, 0.3) is 0 Å². The number of aromatic nitrogens is 1. The summed E-state index contributed by atoms with van der Waals surface area (Å²) in [6.07, 6.45) is 2.45. The van der Waals surface area contributed by atoms with Crippen LogP contribution in [0.1, 0.15) is 22.5 Å². The fourth-order valence-corrected chi connectivity index (χ4v) is 1.72. The van der Waals surface area contributed by atoms with Gasteiger partial charge in [0.15, 0.2) is 5.78 Å². The average Bonchev–Trinajstić information content (AvgIpc) is 2.81. The van der Waals surface area contributed by atoms with E-state index < -0.39 is 0 Å². The van der Waals surface area contributed by atoms with Crippen LogP contribution >= 0.6 is 0 Å². The van der Waals surface area contributed by atoms with E-state index >= 15 is 0 Å². The molecular weight excluding hydrogens is 192 g/mol. The minimum Gasteiger partial charge on any atom is -0.381 e. The first-order valence-electron chi connectivity index (χ1n) is 5.08. The second-order valence-corrected chi connectivity index (χ2v) is 3.66. The Morgan fingerprint density at radius 3 is 3.20 bits per heavy atom. The van der Waals surface area contributed by atoms with E-state index in [2.05, 4.69) is 4.98 Å². The van der Waals surface area contributed by atoms with Gasteiger partial charge in [-0.1, -0.05) is 0 Å². The summed E-state index contributed by atoms with van der Waals surface area (Å²) in [4.78, 5) is 16.0. The zero-order chi connectivity index (χ0) is 10.7. The Morgan fingerprint density at radius 2 is 2.53 bits per heavy atom. The molecule has 15 heavy (non-hydrogen) atoms. The number of nitrogens with two attached hydrogens (primary N) is 1. The summed E-state index contributed by atoms with van der Waals surface area (Å²) < 4.78 is 5.20. The minimum absolute atomic E-state index is 0.0121. The Balaban J connectivity index is 2.17. The highest BCUT2D eigenvalue weighted by molar-refractivity contribution is 5.98. The van der Waals surface area contributed by atoms with Crippen LogP contribution < -0.4 is 5.73 Å². The van der Waals surface area contributed by atoms with Crippen molar-refractivity contribution < 1.29 is 9.53 Å². The second kappa shape index (κ2) is 4.51. The summed E-state index contributed by atoms with van der Waals surface area (Å²) in [6, 6.07) is 3.50. The molecule has 1 saturated heterocycles. The van der Waals surface area contributed by atoms with Gasteiger partial charge in [0.2, 0.25) is 0 Å². The van der Waals surface area contributed by atoms with Crippen molar-refractivity contribution in [3.05, 3.63) is 29.6 Å². The van der Waals surface area contributed by atoms with Crippen molar-refractivity contribution in [1.29, 1.82) is 0 Å². The van der Waals surface area contributed by atoms with Crippen LogP contribution in [-0.2, 0) is 11.3 Å². The van der Waals surface area contributed by atoms with Crippen LogP contribution in [0, 0.1) is 5.92 Å². The lowest BCUT2D eigenvalue weighted by molar-refractivity contribution is 0.0900. The van der Waals surface area contributed by atoms with Crippen LogP contribution in [0.2, 0.25) is 0 Å². The number of Topliss-reactive ketones (excluding diaryl/α,β-unsaturated/α-hetero) is 1. The molecule has 1 aliphatic rings. The largest absolute Gasteiger partial charge is 0.381 e. The quantitative estimate of drug-likeness (QED) is 0.741. The molecule has 4 nitrogen and oxygen atoms in total. The molecule has 1 aromatic rings. The number of nitrogens with zero attached hydrogens (tertiary/aromatic N) is 1. The van der Waals surface area contributed by atoms with Gasteiger partial charge >= 0.3 is 0 Å². The minimum atomic E-state index is 0.0121. The molecule has 0 amide bonds. The average molecular weight is 206 g/mol. The van der Waals surface area contributed by atoms with Crippen molar-refractivity contribution in [2.24, 2.45) is 11.7 Å². The molecule has 80 valence electrons. The number of ether oxygens (including phenoxy) is 1. The van der Waals surface area contributed by atoms with E-state index in [9.17, 15) is 4.79 Å². The number of carbonyl (C=O) groups is 1. The molecule has 2 heterocycles. The van der Waals surface area contributed by atoms with Gasteiger partial charge in [-0.05, 0) is 18.6 Å². The highest BCUT2D eigenvalue weighted by Crippen LogP contribution is 2.18. The zero-order valence-electron chi connectivity index (χ0n) is 8.48. The van der Waals surface area contributed by atoms with Crippen LogP contribution in [0.5, 0.6) is 0 Å². The molecule has 0 radical (unpaired) electrons. The van der Waals surface area contributed by atoms with Crippen LogP contribution in [0.3, 0.4) is 0 Å². The van der Waals surface area contributed by atoms with Gasteiger partial charge in [0.25, 0.3) is 0 Å². The van der Waals surface area contributed by atoms with Crippen molar-refractivity contribution in [3.8, 4) is 0 Å². The SMILES string of the molecule is NCc1cc(C(=O)C2CCOC2)ccn1. The normalized spacial score (nSPS) is 20.5. The number of pyridine rings is 1. The lowest BCUT2D eigenvalue weighted by atomic mass is 9.97. The summed E-state index contributed by atoms with van der Waals surface area (Å²) in [5.74, 6) is 0.155. The van der Waals surface area contributed by atoms with Crippen molar-refractivity contribution in [1.82, 2.24) is 4.98 Å². The van der Waals surface area contributed by atoms with Gasteiger partial charge in [-0.25, -0.2) is 0 Å². The summed E-state index contributed by atoms with van der Waals surface area (Å²) in [7, 11) is 0. The van der Waals surface area contributed by atoms with Gasteiger partial charge in [-0.3, -0.25) is 9.78 Å². The van der Waals surface area contributed by atoms with Crippen molar-refractivity contribution in [3.63, 3.8) is 0 Å². The number of hydrogen-bond acceptors (Lipinski definition) is 4. The van der Waals surface area contributed by atoms with Crippen molar-refractivity contribution >= 4 is 5.78 Å². The number of rotatable bonds is 3. The maximum atomic E-state index is 12.0. The van der Waals surface area contributed by atoms with E-state index in [-0.39, 0.29) is 11.7 Å². The molecule has 0 aliphatic carbocycles. The third-order valence-corrected chi connectivity index (χ3v) is 2.61. The first-order valence-corrected chi connectivity index (χ1v) is 5.08. The molecule has 1 aliphatic heterocycles. The van der Waals surface area contributed by atoms with Crippen LogP contribution in [0.15, 0.2) is 18.3 Å². The van der Waals surface area contributed by atoms with Crippen molar-refractivity contribution in [2.75, 3.05) is 13.2 Å². The molecule has 4 heteroatoms. The molecule has 0 bridgehead atoms. The maximum absolute atomic E-state index is 12.0. The predicted molar refractivity (Wildman–Crippen MR) is 55.4 cm³/mol. The van der Waals surface area contributed by atoms with Gasteiger partial charge in [-0.15, -0.1) is 0 Å². The first-order chi connectivity index (χ1) is 7.31. The number of carbonyl (C=O) groups excluding carboxylic acids is 1. The molecule has 0 aromatic carbocycles. The van der Waals surface area contributed by atoms with Gasteiger partial charge in [-0.2, -0.15) is 0 Å². The van der Waals surface area contributed by atoms with Crippen LogP contribution in [0.4, 0.5) is 0 Å².